The Morgan fingerprint density at radius 3 is 3.00 bits per heavy atom. The number of benzene rings is 1. The molecule has 0 radical (unpaired) electrons. The smallest absolute Gasteiger partial charge is 0.119 e. The maximum atomic E-state index is 6.14. The van der Waals surface area contributed by atoms with E-state index in [0.717, 1.165) is 11.5 Å². The molecule has 2 rings (SSSR count). The Kier molecular flexibility index (Phi) is 2.70. The lowest BCUT2D eigenvalue weighted by atomic mass is 9.96. The highest BCUT2D eigenvalue weighted by atomic mass is 32.2. The molecule has 2 N–H and O–H groups in total. The van der Waals surface area contributed by atoms with Crippen LogP contribution < -0.4 is 10.5 Å². The lowest BCUT2D eigenvalue weighted by Crippen LogP contribution is -2.24. The summed E-state index contributed by atoms with van der Waals surface area (Å²) in [6, 6.07) is 6.31. The predicted molar refractivity (Wildman–Crippen MR) is 59.8 cm³/mol. The molecule has 0 saturated heterocycles. The van der Waals surface area contributed by atoms with Gasteiger partial charge < -0.3 is 10.5 Å². The average Bonchev–Trinajstić information content (AvgIpc) is 2.23. The monoisotopic (exact) mass is 209 g/mol. The number of fused-ring (bicyclic) bond motifs is 1. The second kappa shape index (κ2) is 3.83. The minimum Gasteiger partial charge on any atom is -0.497 e. The molecule has 1 aliphatic heterocycles. The molecular weight excluding hydrogens is 194 g/mol. The van der Waals surface area contributed by atoms with Crippen LogP contribution in [0, 0.1) is 5.92 Å². The molecule has 2 atom stereocenters. The van der Waals surface area contributed by atoms with Crippen molar-refractivity contribution in [1.29, 1.82) is 0 Å². The second-order valence-corrected chi connectivity index (χ2v) is 4.78. The van der Waals surface area contributed by atoms with Gasteiger partial charge in [0.05, 0.1) is 7.11 Å². The zero-order valence-electron chi connectivity index (χ0n) is 8.49. The van der Waals surface area contributed by atoms with Gasteiger partial charge in [0.1, 0.15) is 5.75 Å². The summed E-state index contributed by atoms with van der Waals surface area (Å²) in [7, 11) is 1.69. The molecule has 76 valence electrons. The molecule has 14 heavy (non-hydrogen) atoms. The van der Waals surface area contributed by atoms with Gasteiger partial charge in [0.15, 0.2) is 0 Å². The first-order valence-electron chi connectivity index (χ1n) is 4.78. The molecule has 0 bridgehead atoms. The minimum absolute atomic E-state index is 0.154. The van der Waals surface area contributed by atoms with E-state index >= 15 is 0 Å². The summed E-state index contributed by atoms with van der Waals surface area (Å²) < 4.78 is 5.20. The van der Waals surface area contributed by atoms with Crippen molar-refractivity contribution in [2.75, 3.05) is 12.9 Å². The van der Waals surface area contributed by atoms with Crippen molar-refractivity contribution in [3.8, 4) is 5.75 Å². The van der Waals surface area contributed by atoms with Crippen LogP contribution in [-0.2, 0) is 0 Å². The third-order valence-electron chi connectivity index (χ3n) is 2.69. The van der Waals surface area contributed by atoms with Crippen molar-refractivity contribution in [3.63, 3.8) is 0 Å². The van der Waals surface area contributed by atoms with Gasteiger partial charge in [-0.05, 0) is 29.7 Å². The number of hydrogen-bond donors (Lipinski definition) is 1. The molecule has 0 aromatic heterocycles. The lowest BCUT2D eigenvalue weighted by Gasteiger charge is -2.28. The molecule has 1 aliphatic rings. The van der Waals surface area contributed by atoms with Crippen LogP contribution in [0.2, 0.25) is 0 Å². The Bertz CT molecular complexity index is 340. The summed E-state index contributed by atoms with van der Waals surface area (Å²) in [5.74, 6) is 2.55. The van der Waals surface area contributed by atoms with Crippen LogP contribution in [0.3, 0.4) is 0 Å². The van der Waals surface area contributed by atoms with Crippen molar-refractivity contribution in [2.45, 2.75) is 17.9 Å². The van der Waals surface area contributed by atoms with E-state index in [2.05, 4.69) is 19.1 Å². The zero-order valence-corrected chi connectivity index (χ0v) is 9.30. The fourth-order valence-corrected chi connectivity index (χ4v) is 2.85. The maximum Gasteiger partial charge on any atom is 0.119 e. The van der Waals surface area contributed by atoms with Gasteiger partial charge in [0.25, 0.3) is 0 Å². The van der Waals surface area contributed by atoms with Crippen molar-refractivity contribution >= 4 is 11.8 Å². The van der Waals surface area contributed by atoms with Gasteiger partial charge in [0, 0.05) is 16.7 Å². The highest BCUT2D eigenvalue weighted by molar-refractivity contribution is 7.99. The Morgan fingerprint density at radius 1 is 1.50 bits per heavy atom. The van der Waals surface area contributed by atoms with E-state index in [1.807, 2.05) is 17.8 Å². The first-order valence-corrected chi connectivity index (χ1v) is 5.77. The van der Waals surface area contributed by atoms with Crippen LogP contribution in [0.1, 0.15) is 18.5 Å². The third kappa shape index (κ3) is 1.62. The van der Waals surface area contributed by atoms with E-state index in [9.17, 15) is 0 Å². The summed E-state index contributed by atoms with van der Waals surface area (Å²) in [4.78, 5) is 1.30. The Balaban J connectivity index is 2.41. The Labute approximate surface area is 88.8 Å². The van der Waals surface area contributed by atoms with Crippen LogP contribution in [0.4, 0.5) is 0 Å². The topological polar surface area (TPSA) is 35.2 Å². The number of nitrogens with two attached hydrogens (primary N) is 1. The van der Waals surface area contributed by atoms with E-state index < -0.39 is 0 Å². The molecule has 0 amide bonds. The summed E-state index contributed by atoms with van der Waals surface area (Å²) in [6.07, 6.45) is 0. The van der Waals surface area contributed by atoms with E-state index in [1.54, 1.807) is 7.11 Å². The van der Waals surface area contributed by atoms with Crippen LogP contribution in [0.25, 0.3) is 0 Å². The molecular formula is C11H15NOS. The maximum absolute atomic E-state index is 6.14. The number of hydrogen-bond acceptors (Lipinski definition) is 3. The molecule has 0 saturated carbocycles. The third-order valence-corrected chi connectivity index (χ3v) is 4.07. The number of rotatable bonds is 1. The van der Waals surface area contributed by atoms with Gasteiger partial charge in [0.2, 0.25) is 0 Å². The standard InChI is InChI=1S/C11H15NOS/c1-7-6-14-10-4-3-8(13-2)5-9(10)11(7)12/h3-5,7,11H,6,12H2,1-2H3. The molecule has 1 aromatic carbocycles. The molecule has 2 unspecified atom stereocenters. The van der Waals surface area contributed by atoms with Crippen molar-refractivity contribution in [2.24, 2.45) is 11.7 Å². The first kappa shape index (κ1) is 9.87. The number of methoxy groups -OCH3 is 1. The van der Waals surface area contributed by atoms with Gasteiger partial charge in [-0.2, -0.15) is 0 Å². The zero-order chi connectivity index (χ0) is 10.1. The minimum atomic E-state index is 0.154. The summed E-state index contributed by atoms with van der Waals surface area (Å²) in [5.41, 5.74) is 7.37. The molecule has 1 heterocycles. The second-order valence-electron chi connectivity index (χ2n) is 3.72. The lowest BCUT2D eigenvalue weighted by molar-refractivity contribution is 0.411. The Morgan fingerprint density at radius 2 is 2.29 bits per heavy atom. The molecule has 0 spiro atoms. The fraction of sp³-hybridized carbons (Fsp3) is 0.455. The first-order chi connectivity index (χ1) is 6.72. The molecule has 0 aliphatic carbocycles. The fourth-order valence-electron chi connectivity index (χ4n) is 1.68. The number of thioether (sulfide) groups is 1. The predicted octanol–water partition coefficient (Wildman–Crippen LogP) is 2.44. The largest absolute Gasteiger partial charge is 0.497 e. The van der Waals surface area contributed by atoms with Crippen molar-refractivity contribution in [1.82, 2.24) is 0 Å². The SMILES string of the molecule is COc1ccc2c(c1)C(N)C(C)CS2. The summed E-state index contributed by atoms with van der Waals surface area (Å²) in [6.45, 7) is 2.19. The van der Waals surface area contributed by atoms with Gasteiger partial charge in [-0.1, -0.05) is 6.92 Å². The summed E-state index contributed by atoms with van der Waals surface area (Å²) in [5, 5.41) is 0. The van der Waals surface area contributed by atoms with Gasteiger partial charge in [-0.3, -0.25) is 0 Å². The van der Waals surface area contributed by atoms with E-state index in [4.69, 9.17) is 10.5 Å². The van der Waals surface area contributed by atoms with Gasteiger partial charge in [-0.25, -0.2) is 0 Å². The Hall–Kier alpha value is -0.670. The highest BCUT2D eigenvalue weighted by Crippen LogP contribution is 2.39. The molecule has 3 heteroatoms. The molecule has 0 fully saturated rings. The van der Waals surface area contributed by atoms with E-state index in [-0.39, 0.29) is 6.04 Å². The van der Waals surface area contributed by atoms with Crippen molar-refractivity contribution in [3.05, 3.63) is 23.8 Å². The highest BCUT2D eigenvalue weighted by Gasteiger charge is 2.24. The average molecular weight is 209 g/mol. The van der Waals surface area contributed by atoms with Crippen LogP contribution in [0.5, 0.6) is 5.75 Å². The molecule has 2 nitrogen and oxygen atoms in total. The van der Waals surface area contributed by atoms with Gasteiger partial charge in [-0.15, -0.1) is 11.8 Å². The van der Waals surface area contributed by atoms with Crippen LogP contribution in [0.15, 0.2) is 23.1 Å². The molecule has 1 aromatic rings. The summed E-state index contributed by atoms with van der Waals surface area (Å²) >= 11 is 1.88. The van der Waals surface area contributed by atoms with E-state index in [1.165, 1.54) is 10.5 Å². The number of ether oxygens (including phenoxy) is 1. The van der Waals surface area contributed by atoms with Crippen LogP contribution in [-0.4, -0.2) is 12.9 Å². The normalized spacial score (nSPS) is 25.6. The van der Waals surface area contributed by atoms with Crippen LogP contribution >= 0.6 is 11.8 Å². The van der Waals surface area contributed by atoms with Crippen molar-refractivity contribution < 1.29 is 4.74 Å². The van der Waals surface area contributed by atoms with Gasteiger partial charge >= 0.3 is 0 Å². The van der Waals surface area contributed by atoms with E-state index in [0.29, 0.717) is 5.92 Å². The quantitative estimate of drug-likeness (QED) is 0.771.